The normalized spacial score (nSPS) is 11.3. The third kappa shape index (κ3) is 2.08. The molecule has 1 heterocycles. The zero-order valence-electron chi connectivity index (χ0n) is 10.9. The zero-order chi connectivity index (χ0) is 14.4. The molecule has 0 aliphatic heterocycles. The van der Waals surface area contributed by atoms with E-state index in [1.807, 2.05) is 18.2 Å². The lowest BCUT2D eigenvalue weighted by atomic mass is 10.0. The van der Waals surface area contributed by atoms with E-state index in [-0.39, 0.29) is 0 Å². The van der Waals surface area contributed by atoms with Crippen LogP contribution in [0.4, 0.5) is 0 Å². The lowest BCUT2D eigenvalue weighted by Gasteiger charge is -2.03. The highest BCUT2D eigenvalue weighted by Gasteiger charge is 2.10. The number of imidazole rings is 1. The number of fused-ring (bicyclic) bond motifs is 2. The largest absolute Gasteiger partial charge is 0.338 e. The Balaban J connectivity index is 2.00. The van der Waals surface area contributed by atoms with Crippen molar-refractivity contribution in [3.8, 4) is 11.4 Å². The number of benzene rings is 3. The summed E-state index contributed by atoms with van der Waals surface area (Å²) in [6, 6.07) is 18.0. The van der Waals surface area contributed by atoms with Gasteiger partial charge < -0.3 is 4.98 Å². The van der Waals surface area contributed by atoms with Gasteiger partial charge in [0.1, 0.15) is 5.82 Å². The molecule has 21 heavy (non-hydrogen) atoms. The SMILES string of the molecule is Clc1cc2nc(-c3cccc4ccccc34)[nH]c2cc1Cl. The molecule has 0 aliphatic carbocycles. The van der Waals surface area contributed by atoms with Crippen molar-refractivity contribution in [2.24, 2.45) is 0 Å². The molecule has 102 valence electrons. The van der Waals surface area contributed by atoms with Crippen LogP contribution < -0.4 is 0 Å². The average molecular weight is 313 g/mol. The fourth-order valence-corrected chi connectivity index (χ4v) is 2.89. The van der Waals surface area contributed by atoms with Crippen molar-refractivity contribution in [1.82, 2.24) is 9.97 Å². The van der Waals surface area contributed by atoms with E-state index >= 15 is 0 Å². The van der Waals surface area contributed by atoms with Gasteiger partial charge in [0.15, 0.2) is 0 Å². The van der Waals surface area contributed by atoms with Gasteiger partial charge in [0.2, 0.25) is 0 Å². The summed E-state index contributed by atoms with van der Waals surface area (Å²) in [5.41, 5.74) is 2.76. The lowest BCUT2D eigenvalue weighted by molar-refractivity contribution is 1.35. The van der Waals surface area contributed by atoms with E-state index in [4.69, 9.17) is 23.2 Å². The molecule has 0 aliphatic rings. The topological polar surface area (TPSA) is 28.7 Å². The van der Waals surface area contributed by atoms with Gasteiger partial charge in [-0.1, -0.05) is 65.7 Å². The first-order chi connectivity index (χ1) is 10.2. The summed E-state index contributed by atoms with van der Waals surface area (Å²) in [5.74, 6) is 0.820. The summed E-state index contributed by atoms with van der Waals surface area (Å²) < 4.78 is 0. The molecule has 0 bridgehead atoms. The summed E-state index contributed by atoms with van der Waals surface area (Å²) in [7, 11) is 0. The molecule has 4 rings (SSSR count). The van der Waals surface area contributed by atoms with Crippen molar-refractivity contribution in [3.63, 3.8) is 0 Å². The fraction of sp³-hybridized carbons (Fsp3) is 0. The number of nitrogens with one attached hydrogen (secondary N) is 1. The minimum absolute atomic E-state index is 0.514. The van der Waals surface area contributed by atoms with Crippen molar-refractivity contribution in [2.75, 3.05) is 0 Å². The highest BCUT2D eigenvalue weighted by atomic mass is 35.5. The first kappa shape index (κ1) is 12.7. The van der Waals surface area contributed by atoms with Gasteiger partial charge in [0.25, 0.3) is 0 Å². The number of aromatic amines is 1. The van der Waals surface area contributed by atoms with E-state index in [9.17, 15) is 0 Å². The molecule has 0 radical (unpaired) electrons. The molecule has 4 heteroatoms. The molecule has 0 amide bonds. The van der Waals surface area contributed by atoms with Crippen LogP contribution in [0.25, 0.3) is 33.2 Å². The number of H-pyrrole nitrogens is 1. The zero-order valence-corrected chi connectivity index (χ0v) is 12.4. The van der Waals surface area contributed by atoms with Crippen molar-refractivity contribution in [3.05, 3.63) is 64.6 Å². The molecule has 0 atom stereocenters. The number of hydrogen-bond acceptors (Lipinski definition) is 1. The number of hydrogen-bond donors (Lipinski definition) is 1. The van der Waals surface area contributed by atoms with Gasteiger partial charge >= 0.3 is 0 Å². The molecule has 0 unspecified atom stereocenters. The number of nitrogens with zero attached hydrogens (tertiary/aromatic N) is 1. The van der Waals surface area contributed by atoms with Gasteiger partial charge in [-0.2, -0.15) is 0 Å². The van der Waals surface area contributed by atoms with Gasteiger partial charge in [0.05, 0.1) is 21.1 Å². The number of aromatic nitrogens is 2. The Labute approximate surface area is 131 Å². The minimum Gasteiger partial charge on any atom is -0.338 e. The van der Waals surface area contributed by atoms with Crippen molar-refractivity contribution < 1.29 is 0 Å². The van der Waals surface area contributed by atoms with Crippen LogP contribution in [0.5, 0.6) is 0 Å². The van der Waals surface area contributed by atoms with Crippen LogP contribution in [0.3, 0.4) is 0 Å². The van der Waals surface area contributed by atoms with E-state index < -0.39 is 0 Å². The van der Waals surface area contributed by atoms with E-state index in [2.05, 4.69) is 34.2 Å². The Morgan fingerprint density at radius 3 is 2.52 bits per heavy atom. The Morgan fingerprint density at radius 1 is 0.857 bits per heavy atom. The molecule has 4 aromatic rings. The fourth-order valence-electron chi connectivity index (χ4n) is 2.56. The Kier molecular flexibility index (Phi) is 2.88. The first-order valence-electron chi connectivity index (χ1n) is 6.55. The summed E-state index contributed by atoms with van der Waals surface area (Å²) in [5, 5.41) is 3.39. The minimum atomic E-state index is 0.514. The van der Waals surface area contributed by atoms with Gasteiger partial charge in [-0.15, -0.1) is 0 Å². The Hall–Kier alpha value is -2.03. The second kappa shape index (κ2) is 4.76. The molecule has 0 saturated heterocycles. The molecule has 3 aromatic carbocycles. The maximum Gasteiger partial charge on any atom is 0.139 e. The van der Waals surface area contributed by atoms with Gasteiger partial charge in [-0.3, -0.25) is 0 Å². The smallest absolute Gasteiger partial charge is 0.139 e. The molecular weight excluding hydrogens is 303 g/mol. The quantitative estimate of drug-likeness (QED) is 0.480. The predicted octanol–water partition coefficient (Wildman–Crippen LogP) is 5.69. The average Bonchev–Trinajstić information content (AvgIpc) is 2.90. The standard InChI is InChI=1S/C17H10Cl2N2/c18-13-8-15-16(9-14(13)19)21-17(20-15)12-7-3-5-10-4-1-2-6-11(10)12/h1-9H,(H,20,21). The molecule has 1 N–H and O–H groups in total. The Morgan fingerprint density at radius 2 is 1.62 bits per heavy atom. The molecule has 0 spiro atoms. The second-order valence-electron chi connectivity index (χ2n) is 4.90. The molecular formula is C17H10Cl2N2. The molecule has 0 fully saturated rings. The van der Waals surface area contributed by atoms with Crippen LogP contribution >= 0.6 is 23.2 Å². The maximum atomic E-state index is 6.06. The van der Waals surface area contributed by atoms with Crippen LogP contribution in [0, 0.1) is 0 Å². The van der Waals surface area contributed by atoms with Crippen LogP contribution in [-0.4, -0.2) is 9.97 Å². The first-order valence-corrected chi connectivity index (χ1v) is 7.31. The highest BCUT2D eigenvalue weighted by Crippen LogP contribution is 2.31. The van der Waals surface area contributed by atoms with Crippen molar-refractivity contribution in [2.45, 2.75) is 0 Å². The van der Waals surface area contributed by atoms with Crippen LogP contribution in [-0.2, 0) is 0 Å². The molecule has 1 aromatic heterocycles. The highest BCUT2D eigenvalue weighted by molar-refractivity contribution is 6.42. The molecule has 2 nitrogen and oxygen atoms in total. The van der Waals surface area contributed by atoms with E-state index in [0.29, 0.717) is 10.0 Å². The summed E-state index contributed by atoms with van der Waals surface area (Å²) in [6.45, 7) is 0. The van der Waals surface area contributed by atoms with E-state index in [1.165, 1.54) is 5.39 Å². The number of halogens is 2. The molecule has 0 saturated carbocycles. The Bertz CT molecular complexity index is 929. The van der Waals surface area contributed by atoms with Crippen LogP contribution in [0.15, 0.2) is 54.6 Å². The lowest BCUT2D eigenvalue weighted by Crippen LogP contribution is -1.82. The van der Waals surface area contributed by atoms with Crippen molar-refractivity contribution in [1.29, 1.82) is 0 Å². The van der Waals surface area contributed by atoms with Crippen LogP contribution in [0.1, 0.15) is 0 Å². The van der Waals surface area contributed by atoms with Gasteiger partial charge in [0, 0.05) is 5.56 Å². The summed E-state index contributed by atoms with van der Waals surface area (Å²) in [6.07, 6.45) is 0. The summed E-state index contributed by atoms with van der Waals surface area (Å²) in [4.78, 5) is 7.95. The van der Waals surface area contributed by atoms with Gasteiger partial charge in [-0.05, 0) is 22.9 Å². The third-order valence-electron chi connectivity index (χ3n) is 3.57. The van der Waals surface area contributed by atoms with E-state index in [0.717, 1.165) is 27.8 Å². The number of rotatable bonds is 1. The predicted molar refractivity (Wildman–Crippen MR) is 89.1 cm³/mol. The van der Waals surface area contributed by atoms with Crippen molar-refractivity contribution >= 4 is 45.0 Å². The van der Waals surface area contributed by atoms with Gasteiger partial charge in [-0.25, -0.2) is 4.98 Å². The van der Waals surface area contributed by atoms with Crippen LogP contribution in [0.2, 0.25) is 10.0 Å². The second-order valence-corrected chi connectivity index (χ2v) is 5.71. The monoisotopic (exact) mass is 312 g/mol. The summed E-state index contributed by atoms with van der Waals surface area (Å²) >= 11 is 12.1. The maximum absolute atomic E-state index is 6.06. The third-order valence-corrected chi connectivity index (χ3v) is 4.29. The van der Waals surface area contributed by atoms with E-state index in [1.54, 1.807) is 12.1 Å².